The standard InChI is InChI=1S/C19H25NO4/c1-10-6-11(2)13(12(3)7-10)8-20-9-19-5-4-14(24-19)15(18(22)23)16(19)17(20)21/h4-6,11-16H,7-9H2,1-3H3,(H,22,23)/p-1/t11-,12-,13-,14-,15-,16+,19-/m0/s1. The van der Waals surface area contributed by atoms with E-state index in [1.54, 1.807) is 6.08 Å². The molecule has 1 amide bonds. The van der Waals surface area contributed by atoms with Gasteiger partial charge in [-0.2, -0.15) is 0 Å². The average molecular weight is 330 g/mol. The monoisotopic (exact) mass is 330 g/mol. The number of carboxylic acids is 1. The van der Waals surface area contributed by atoms with Gasteiger partial charge in [0.2, 0.25) is 5.91 Å². The van der Waals surface area contributed by atoms with E-state index in [0.717, 1.165) is 6.42 Å². The third-order valence-electron chi connectivity index (χ3n) is 6.48. The predicted molar refractivity (Wildman–Crippen MR) is 85.5 cm³/mol. The number of carbonyl (C=O) groups is 2. The first-order chi connectivity index (χ1) is 11.3. The molecule has 0 aromatic heterocycles. The summed E-state index contributed by atoms with van der Waals surface area (Å²) in [7, 11) is 0. The van der Waals surface area contributed by atoms with Crippen molar-refractivity contribution in [1.29, 1.82) is 0 Å². The van der Waals surface area contributed by atoms with E-state index in [2.05, 4.69) is 26.8 Å². The van der Waals surface area contributed by atoms with E-state index in [4.69, 9.17) is 4.74 Å². The van der Waals surface area contributed by atoms with Crippen LogP contribution in [0.3, 0.4) is 0 Å². The van der Waals surface area contributed by atoms with E-state index in [9.17, 15) is 14.7 Å². The minimum absolute atomic E-state index is 0.0817. The lowest BCUT2D eigenvalue weighted by Crippen LogP contribution is -2.45. The van der Waals surface area contributed by atoms with Crippen molar-refractivity contribution in [1.82, 2.24) is 4.90 Å². The first-order valence-corrected chi connectivity index (χ1v) is 8.86. The number of ether oxygens (including phenoxy) is 1. The highest BCUT2D eigenvalue weighted by atomic mass is 16.5. The summed E-state index contributed by atoms with van der Waals surface area (Å²) < 4.78 is 5.91. The number of hydrogen-bond acceptors (Lipinski definition) is 4. The predicted octanol–water partition coefficient (Wildman–Crippen LogP) is 0.757. The van der Waals surface area contributed by atoms with E-state index in [0.29, 0.717) is 30.8 Å². The Bertz CT molecular complexity index is 654. The van der Waals surface area contributed by atoms with E-state index < -0.39 is 29.5 Å². The van der Waals surface area contributed by atoms with Crippen molar-refractivity contribution in [3.8, 4) is 0 Å². The van der Waals surface area contributed by atoms with Crippen LogP contribution >= 0.6 is 0 Å². The number of fused-ring (bicyclic) bond motifs is 1. The first kappa shape index (κ1) is 15.9. The Balaban J connectivity index is 1.56. The Hall–Kier alpha value is -1.62. The fraction of sp³-hybridized carbons (Fsp3) is 0.684. The van der Waals surface area contributed by atoms with Crippen LogP contribution in [0.4, 0.5) is 0 Å². The Kier molecular flexibility index (Phi) is 3.43. The van der Waals surface area contributed by atoms with Crippen LogP contribution in [0.15, 0.2) is 23.8 Å². The van der Waals surface area contributed by atoms with Gasteiger partial charge in [0, 0.05) is 18.4 Å². The SMILES string of the molecule is CC1=C[C@H](C)[C@H](CN2C[C@]34C=C[C@H](O3)[C@H](C(=O)[O-])[C@@H]4C2=O)[C@@H](C)C1. The fourth-order valence-corrected chi connectivity index (χ4v) is 5.42. The van der Waals surface area contributed by atoms with Gasteiger partial charge in [-0.3, -0.25) is 4.79 Å². The number of rotatable bonds is 3. The maximum absolute atomic E-state index is 12.9. The van der Waals surface area contributed by atoms with Crippen molar-refractivity contribution in [3.63, 3.8) is 0 Å². The lowest BCUT2D eigenvalue weighted by molar-refractivity contribution is -0.313. The van der Waals surface area contributed by atoms with Gasteiger partial charge >= 0.3 is 0 Å². The molecule has 7 atom stereocenters. The molecule has 1 aliphatic carbocycles. The van der Waals surface area contributed by atoms with Crippen molar-refractivity contribution < 1.29 is 19.4 Å². The molecule has 4 rings (SSSR count). The normalized spacial score (nSPS) is 46.4. The van der Waals surface area contributed by atoms with Crippen LogP contribution in [0, 0.1) is 29.6 Å². The quantitative estimate of drug-likeness (QED) is 0.716. The number of hydrogen-bond donors (Lipinski definition) is 0. The van der Waals surface area contributed by atoms with Gasteiger partial charge in [-0.15, -0.1) is 0 Å². The zero-order valence-electron chi connectivity index (χ0n) is 14.4. The Morgan fingerprint density at radius 1 is 1.46 bits per heavy atom. The van der Waals surface area contributed by atoms with E-state index >= 15 is 0 Å². The van der Waals surface area contributed by atoms with Crippen LogP contribution in [0.2, 0.25) is 0 Å². The third kappa shape index (κ3) is 2.10. The molecule has 0 unspecified atom stereocenters. The molecule has 130 valence electrons. The summed E-state index contributed by atoms with van der Waals surface area (Å²) in [5.74, 6) is -1.40. The molecule has 24 heavy (non-hydrogen) atoms. The lowest BCUT2D eigenvalue weighted by atomic mass is 9.75. The molecule has 3 aliphatic heterocycles. The smallest absolute Gasteiger partial charge is 0.229 e. The van der Waals surface area contributed by atoms with E-state index in [1.165, 1.54) is 5.57 Å². The molecular weight excluding hydrogens is 306 g/mol. The van der Waals surface area contributed by atoms with E-state index in [-0.39, 0.29) is 5.91 Å². The highest BCUT2D eigenvalue weighted by Gasteiger charge is 2.65. The highest BCUT2D eigenvalue weighted by molar-refractivity contribution is 5.90. The lowest BCUT2D eigenvalue weighted by Gasteiger charge is -2.36. The summed E-state index contributed by atoms with van der Waals surface area (Å²) in [5.41, 5.74) is 0.663. The Morgan fingerprint density at radius 2 is 2.21 bits per heavy atom. The molecule has 2 fully saturated rings. The molecule has 0 aromatic rings. The molecule has 0 radical (unpaired) electrons. The third-order valence-corrected chi connectivity index (χ3v) is 6.48. The largest absolute Gasteiger partial charge is 0.550 e. The molecule has 2 saturated heterocycles. The number of carboxylic acid groups (broad SMARTS) is 1. The summed E-state index contributed by atoms with van der Waals surface area (Å²) in [6.45, 7) is 7.74. The number of nitrogens with zero attached hydrogens (tertiary/aromatic N) is 1. The Labute approximate surface area is 142 Å². The van der Waals surface area contributed by atoms with Gasteiger partial charge in [0.25, 0.3) is 0 Å². The molecule has 0 N–H and O–H groups in total. The molecule has 4 aliphatic rings. The van der Waals surface area contributed by atoms with Crippen molar-refractivity contribution in [2.45, 2.75) is 38.9 Å². The summed E-state index contributed by atoms with van der Waals surface area (Å²) in [6, 6.07) is 0. The fourth-order valence-electron chi connectivity index (χ4n) is 5.42. The second-order valence-corrected chi connectivity index (χ2v) is 8.16. The molecule has 5 heteroatoms. The van der Waals surface area contributed by atoms with Gasteiger partial charge in [0.15, 0.2) is 0 Å². The number of allylic oxidation sites excluding steroid dienone is 2. The number of amides is 1. The second-order valence-electron chi connectivity index (χ2n) is 8.16. The topological polar surface area (TPSA) is 69.7 Å². The average Bonchev–Trinajstić information content (AvgIpc) is 3.11. The summed E-state index contributed by atoms with van der Waals surface area (Å²) in [5, 5.41) is 11.5. The molecule has 0 saturated carbocycles. The minimum atomic E-state index is -1.18. The van der Waals surface area contributed by atoms with Gasteiger partial charge in [0.1, 0.15) is 5.60 Å². The van der Waals surface area contributed by atoms with Crippen LogP contribution in [-0.4, -0.2) is 41.6 Å². The molecule has 2 bridgehead atoms. The van der Waals surface area contributed by atoms with Crippen LogP contribution in [0.5, 0.6) is 0 Å². The number of aliphatic carboxylic acids is 1. The zero-order chi connectivity index (χ0) is 17.2. The van der Waals surface area contributed by atoms with Crippen molar-refractivity contribution >= 4 is 11.9 Å². The Morgan fingerprint density at radius 3 is 2.88 bits per heavy atom. The highest BCUT2D eigenvalue weighted by Crippen LogP contribution is 2.52. The van der Waals surface area contributed by atoms with Crippen LogP contribution in [0.25, 0.3) is 0 Å². The van der Waals surface area contributed by atoms with Gasteiger partial charge in [0.05, 0.1) is 18.6 Å². The van der Waals surface area contributed by atoms with Crippen LogP contribution < -0.4 is 5.11 Å². The van der Waals surface area contributed by atoms with Gasteiger partial charge in [-0.1, -0.05) is 37.6 Å². The maximum Gasteiger partial charge on any atom is 0.229 e. The van der Waals surface area contributed by atoms with Crippen LogP contribution in [-0.2, 0) is 14.3 Å². The molecular formula is C19H24NO4-. The number of carbonyl (C=O) groups excluding carboxylic acids is 2. The molecule has 0 aromatic carbocycles. The van der Waals surface area contributed by atoms with Gasteiger partial charge < -0.3 is 19.5 Å². The van der Waals surface area contributed by atoms with Crippen molar-refractivity contribution in [3.05, 3.63) is 23.8 Å². The molecule has 5 nitrogen and oxygen atoms in total. The molecule has 3 heterocycles. The van der Waals surface area contributed by atoms with Crippen molar-refractivity contribution in [2.75, 3.05) is 13.1 Å². The maximum atomic E-state index is 12.9. The van der Waals surface area contributed by atoms with Crippen LogP contribution in [0.1, 0.15) is 27.2 Å². The minimum Gasteiger partial charge on any atom is -0.550 e. The summed E-state index contributed by atoms with van der Waals surface area (Å²) in [6.07, 6.45) is 6.54. The van der Waals surface area contributed by atoms with Gasteiger partial charge in [-0.25, -0.2) is 0 Å². The first-order valence-electron chi connectivity index (χ1n) is 8.86. The van der Waals surface area contributed by atoms with E-state index in [1.807, 2.05) is 11.0 Å². The zero-order valence-corrected chi connectivity index (χ0v) is 14.4. The summed E-state index contributed by atoms with van der Waals surface area (Å²) in [4.78, 5) is 26.3. The second kappa shape index (κ2) is 5.19. The number of likely N-dealkylation sites (tertiary alicyclic amines) is 1. The van der Waals surface area contributed by atoms with Gasteiger partial charge in [-0.05, 0) is 31.1 Å². The molecule has 1 spiro atoms. The van der Waals surface area contributed by atoms with Crippen molar-refractivity contribution in [2.24, 2.45) is 29.6 Å². The summed E-state index contributed by atoms with van der Waals surface area (Å²) >= 11 is 0.